The lowest BCUT2D eigenvalue weighted by molar-refractivity contribution is 0.112. The zero-order valence-electron chi connectivity index (χ0n) is 10.4. The molecule has 0 amide bonds. The van der Waals surface area contributed by atoms with Crippen LogP contribution in [0.15, 0.2) is 39.5 Å². The summed E-state index contributed by atoms with van der Waals surface area (Å²) in [7, 11) is 0. The molecule has 1 heterocycles. The lowest BCUT2D eigenvalue weighted by atomic mass is 10.2. The molecule has 0 N–H and O–H groups in total. The largest absolute Gasteiger partial charge is 0.363 e. The molecule has 1 aromatic carbocycles. The van der Waals surface area contributed by atoms with Gasteiger partial charge in [-0.2, -0.15) is 11.3 Å². The Bertz CT molecular complexity index is 578. The zero-order valence-corrected chi connectivity index (χ0v) is 12.8. The third-order valence-electron chi connectivity index (χ3n) is 3.34. The Labute approximate surface area is 125 Å². The molecule has 0 saturated heterocycles. The highest BCUT2D eigenvalue weighted by molar-refractivity contribution is 9.10. The van der Waals surface area contributed by atoms with Crippen molar-refractivity contribution in [2.45, 2.75) is 25.4 Å². The lowest BCUT2D eigenvalue weighted by Crippen LogP contribution is -2.25. The molecule has 0 aliphatic heterocycles. The van der Waals surface area contributed by atoms with Crippen molar-refractivity contribution in [1.82, 2.24) is 0 Å². The predicted octanol–water partition coefficient (Wildman–Crippen LogP) is 4.49. The van der Waals surface area contributed by atoms with E-state index in [1.54, 1.807) is 11.3 Å². The van der Waals surface area contributed by atoms with Crippen LogP contribution in [0.4, 0.5) is 5.69 Å². The highest BCUT2D eigenvalue weighted by Gasteiger charge is 2.30. The first-order chi connectivity index (χ1) is 9.28. The number of halogens is 1. The second-order valence-electron chi connectivity index (χ2n) is 4.82. The smallest absolute Gasteiger partial charge is 0.150 e. The van der Waals surface area contributed by atoms with Gasteiger partial charge in [-0.1, -0.05) is 0 Å². The Kier molecular flexibility index (Phi) is 3.71. The molecule has 98 valence electrons. The summed E-state index contributed by atoms with van der Waals surface area (Å²) in [4.78, 5) is 13.2. The molecule has 0 radical (unpaired) electrons. The lowest BCUT2D eigenvalue weighted by Gasteiger charge is -2.25. The van der Waals surface area contributed by atoms with Crippen LogP contribution >= 0.6 is 27.3 Å². The molecular weight excluding hydrogens is 322 g/mol. The van der Waals surface area contributed by atoms with Crippen LogP contribution in [0.25, 0.3) is 0 Å². The summed E-state index contributed by atoms with van der Waals surface area (Å²) < 4.78 is 0.999. The Morgan fingerprint density at radius 2 is 2.21 bits per heavy atom. The molecule has 1 fully saturated rings. The van der Waals surface area contributed by atoms with Crippen LogP contribution in [0.5, 0.6) is 0 Å². The quantitative estimate of drug-likeness (QED) is 0.750. The maximum absolute atomic E-state index is 10.8. The second kappa shape index (κ2) is 5.47. The van der Waals surface area contributed by atoms with Crippen LogP contribution in [-0.4, -0.2) is 12.3 Å². The van der Waals surface area contributed by atoms with E-state index in [1.165, 1.54) is 24.1 Å². The first-order valence-electron chi connectivity index (χ1n) is 6.30. The molecule has 2 aromatic rings. The summed E-state index contributed by atoms with van der Waals surface area (Å²) in [5.41, 5.74) is 3.24. The van der Waals surface area contributed by atoms with Gasteiger partial charge in [0.25, 0.3) is 0 Å². The average molecular weight is 336 g/mol. The van der Waals surface area contributed by atoms with Crippen LogP contribution in [-0.2, 0) is 6.54 Å². The van der Waals surface area contributed by atoms with E-state index in [9.17, 15) is 4.79 Å². The molecule has 0 unspecified atom stereocenters. The van der Waals surface area contributed by atoms with Gasteiger partial charge in [-0.15, -0.1) is 0 Å². The van der Waals surface area contributed by atoms with Gasteiger partial charge in [-0.05, 0) is 69.4 Å². The molecule has 19 heavy (non-hydrogen) atoms. The summed E-state index contributed by atoms with van der Waals surface area (Å²) in [5.74, 6) is 0. The molecule has 3 rings (SSSR count). The number of carbonyl (C=O) groups excluding carboxylic acids is 1. The normalized spacial score (nSPS) is 14.4. The van der Waals surface area contributed by atoms with E-state index in [-0.39, 0.29) is 0 Å². The molecule has 4 heteroatoms. The van der Waals surface area contributed by atoms with Crippen LogP contribution in [0.1, 0.15) is 28.8 Å². The van der Waals surface area contributed by atoms with E-state index in [0.29, 0.717) is 11.6 Å². The fraction of sp³-hybridized carbons (Fsp3) is 0.267. The number of benzene rings is 1. The fourth-order valence-electron chi connectivity index (χ4n) is 2.21. The molecular formula is C15H14BrNOS. The molecule has 1 saturated carbocycles. The summed E-state index contributed by atoms with van der Waals surface area (Å²) in [6, 6.07) is 8.63. The molecule has 0 spiro atoms. The van der Waals surface area contributed by atoms with Gasteiger partial charge in [0.2, 0.25) is 0 Å². The zero-order chi connectivity index (χ0) is 13.2. The van der Waals surface area contributed by atoms with Crippen molar-refractivity contribution in [3.8, 4) is 0 Å². The Balaban J connectivity index is 1.89. The number of thiophene rings is 1. The van der Waals surface area contributed by atoms with Gasteiger partial charge in [-0.25, -0.2) is 0 Å². The summed E-state index contributed by atoms with van der Waals surface area (Å²) in [6.07, 6.45) is 3.40. The number of anilines is 1. The summed E-state index contributed by atoms with van der Waals surface area (Å²) in [5, 5.41) is 4.31. The Morgan fingerprint density at radius 1 is 1.37 bits per heavy atom. The van der Waals surface area contributed by atoms with E-state index in [1.807, 2.05) is 18.2 Å². The first-order valence-corrected chi connectivity index (χ1v) is 8.04. The molecule has 1 aromatic heterocycles. The van der Waals surface area contributed by atoms with Crippen molar-refractivity contribution in [3.05, 3.63) is 50.6 Å². The number of nitrogens with zero attached hydrogens (tertiary/aromatic N) is 1. The summed E-state index contributed by atoms with van der Waals surface area (Å²) in [6.45, 7) is 0.938. The fourth-order valence-corrected chi connectivity index (χ4v) is 3.49. The van der Waals surface area contributed by atoms with Crippen LogP contribution in [0, 0.1) is 0 Å². The van der Waals surface area contributed by atoms with Gasteiger partial charge in [0.15, 0.2) is 0 Å². The Morgan fingerprint density at radius 3 is 2.79 bits per heavy atom. The predicted molar refractivity (Wildman–Crippen MR) is 83.1 cm³/mol. The number of aldehydes is 1. The Hall–Kier alpha value is -1.13. The van der Waals surface area contributed by atoms with Crippen LogP contribution < -0.4 is 4.90 Å². The molecule has 2 nitrogen and oxygen atoms in total. The number of hydrogen-bond donors (Lipinski definition) is 0. The monoisotopic (exact) mass is 335 g/mol. The van der Waals surface area contributed by atoms with E-state index in [2.05, 4.69) is 37.7 Å². The van der Waals surface area contributed by atoms with Crippen molar-refractivity contribution in [1.29, 1.82) is 0 Å². The van der Waals surface area contributed by atoms with Gasteiger partial charge in [-0.3, -0.25) is 4.79 Å². The standard InChI is InChI=1S/C15H14BrNOS/c16-14-7-11(9-18)1-4-15(14)17(13-2-3-13)8-12-5-6-19-10-12/h1,4-7,9-10,13H,2-3,8H2. The maximum atomic E-state index is 10.8. The highest BCUT2D eigenvalue weighted by Crippen LogP contribution is 2.37. The molecule has 0 bridgehead atoms. The minimum Gasteiger partial charge on any atom is -0.363 e. The molecule has 1 aliphatic rings. The SMILES string of the molecule is O=Cc1ccc(N(Cc2ccsc2)C2CC2)c(Br)c1. The maximum Gasteiger partial charge on any atom is 0.150 e. The van der Waals surface area contributed by atoms with Gasteiger partial charge >= 0.3 is 0 Å². The number of hydrogen-bond acceptors (Lipinski definition) is 3. The topological polar surface area (TPSA) is 20.3 Å². The van der Waals surface area contributed by atoms with Crippen LogP contribution in [0.3, 0.4) is 0 Å². The van der Waals surface area contributed by atoms with Gasteiger partial charge in [0.1, 0.15) is 6.29 Å². The van der Waals surface area contributed by atoms with Crippen molar-refractivity contribution >= 4 is 39.2 Å². The van der Waals surface area contributed by atoms with Crippen molar-refractivity contribution in [3.63, 3.8) is 0 Å². The number of rotatable bonds is 5. The van der Waals surface area contributed by atoms with E-state index < -0.39 is 0 Å². The van der Waals surface area contributed by atoms with Gasteiger partial charge < -0.3 is 4.90 Å². The molecule has 0 atom stereocenters. The first kappa shape index (κ1) is 12.9. The van der Waals surface area contributed by atoms with Gasteiger partial charge in [0.05, 0.1) is 5.69 Å². The van der Waals surface area contributed by atoms with E-state index >= 15 is 0 Å². The van der Waals surface area contributed by atoms with Crippen molar-refractivity contribution in [2.75, 3.05) is 4.90 Å². The van der Waals surface area contributed by atoms with E-state index in [0.717, 1.165) is 17.3 Å². The second-order valence-corrected chi connectivity index (χ2v) is 6.45. The molecule has 1 aliphatic carbocycles. The van der Waals surface area contributed by atoms with E-state index in [4.69, 9.17) is 0 Å². The van der Waals surface area contributed by atoms with Crippen LogP contribution in [0.2, 0.25) is 0 Å². The van der Waals surface area contributed by atoms with Gasteiger partial charge in [0, 0.05) is 22.6 Å². The summed E-state index contributed by atoms with van der Waals surface area (Å²) >= 11 is 5.33. The third-order valence-corrected chi connectivity index (χ3v) is 4.71. The minimum absolute atomic E-state index is 0.637. The van der Waals surface area contributed by atoms with Crippen molar-refractivity contribution < 1.29 is 4.79 Å². The highest BCUT2D eigenvalue weighted by atomic mass is 79.9. The third kappa shape index (κ3) is 2.90. The minimum atomic E-state index is 0.637. The number of carbonyl (C=O) groups is 1. The van der Waals surface area contributed by atoms with Crippen molar-refractivity contribution in [2.24, 2.45) is 0 Å². The average Bonchev–Trinajstić information content (AvgIpc) is 3.14.